The molecule has 0 radical (unpaired) electrons. The summed E-state index contributed by atoms with van der Waals surface area (Å²) in [6.07, 6.45) is 35.2. The van der Waals surface area contributed by atoms with Crippen LogP contribution in [0.5, 0.6) is 0 Å². The molecule has 4 amide bonds. The number of carboxylic acid groups (broad SMARTS) is 1. The highest BCUT2D eigenvalue weighted by atomic mass is 32.2. The maximum atomic E-state index is 13.8. The number of thioether (sulfide) groups is 1. The van der Waals surface area contributed by atoms with Gasteiger partial charge in [0.2, 0.25) is 11.8 Å². The number of imide groups is 2. The van der Waals surface area contributed by atoms with Crippen LogP contribution >= 0.6 is 11.8 Å². The van der Waals surface area contributed by atoms with Crippen LogP contribution in [0.2, 0.25) is 0 Å². The SMILES string of the molecule is CCCCCCCCCCCCCCCC(=O)N1C(=O)N(C(=O)CCCCCCCCCCCCCCC)[C@H]2CS[C@@H](CCCCC(=O)O)[C@H]21. The minimum absolute atomic E-state index is 0.0579. The number of nitrogens with zero attached hydrogens (tertiary/aromatic N) is 2. The summed E-state index contributed by atoms with van der Waals surface area (Å²) in [7, 11) is 0. The molecule has 0 aliphatic carbocycles. The van der Waals surface area contributed by atoms with Crippen LogP contribution < -0.4 is 0 Å². The molecule has 3 atom stereocenters. The van der Waals surface area contributed by atoms with Gasteiger partial charge in [0, 0.05) is 30.3 Å². The van der Waals surface area contributed by atoms with E-state index in [0.29, 0.717) is 25.0 Å². The first-order valence-corrected chi connectivity index (χ1v) is 22.5. The highest BCUT2D eigenvalue weighted by Crippen LogP contribution is 2.42. The Balaban J connectivity index is 1.74. The molecule has 0 unspecified atom stereocenters. The Kier molecular flexibility index (Phi) is 25.8. The topological polar surface area (TPSA) is 95.0 Å². The quantitative estimate of drug-likeness (QED) is 0.0536. The van der Waals surface area contributed by atoms with E-state index < -0.39 is 12.0 Å². The molecule has 1 N–H and O–H groups in total. The van der Waals surface area contributed by atoms with Crippen molar-refractivity contribution in [2.75, 3.05) is 5.75 Å². The summed E-state index contributed by atoms with van der Waals surface area (Å²) in [5.41, 5.74) is 0. The second kappa shape index (κ2) is 28.9. The van der Waals surface area contributed by atoms with Crippen molar-refractivity contribution in [2.45, 2.75) is 237 Å². The van der Waals surface area contributed by atoms with E-state index in [2.05, 4.69) is 13.8 Å². The van der Waals surface area contributed by atoms with Crippen molar-refractivity contribution in [2.24, 2.45) is 0 Å². The molecule has 8 heteroatoms. The molecular formula is C42H76N2O5S. The van der Waals surface area contributed by atoms with E-state index in [1.165, 1.54) is 138 Å². The second-order valence-electron chi connectivity index (χ2n) is 15.4. The second-order valence-corrected chi connectivity index (χ2v) is 16.6. The van der Waals surface area contributed by atoms with Gasteiger partial charge in [0.1, 0.15) is 0 Å². The van der Waals surface area contributed by atoms with E-state index in [1.807, 2.05) is 0 Å². The molecule has 2 saturated heterocycles. The first-order chi connectivity index (χ1) is 24.4. The van der Waals surface area contributed by atoms with E-state index >= 15 is 0 Å². The summed E-state index contributed by atoms with van der Waals surface area (Å²) in [5.74, 6) is -0.399. The van der Waals surface area contributed by atoms with Crippen LogP contribution in [-0.4, -0.2) is 61.8 Å². The highest BCUT2D eigenvalue weighted by molar-refractivity contribution is 8.00. The van der Waals surface area contributed by atoms with Crippen molar-refractivity contribution in [3.63, 3.8) is 0 Å². The van der Waals surface area contributed by atoms with Gasteiger partial charge in [-0.2, -0.15) is 11.8 Å². The molecule has 2 aliphatic rings. The highest BCUT2D eigenvalue weighted by Gasteiger charge is 2.56. The standard InChI is InChI=1S/C42H76N2O5S/c1-3-5-7-9-11-13-15-17-19-21-23-25-27-32-38(45)43-36-35-50-37(31-29-30-34-40(47)48)41(36)44(42(43)49)39(46)33-28-26-24-22-20-18-16-14-12-10-8-6-4-2/h36-37,41H,3-35H2,1-2H3,(H,47,48)/t36-,37-,41-/m0/s1. The lowest BCUT2D eigenvalue weighted by molar-refractivity contribution is -0.137. The minimum atomic E-state index is -0.794. The molecular weight excluding hydrogens is 645 g/mol. The molecule has 2 fully saturated rings. The molecule has 2 rings (SSSR count). The Morgan fingerprint density at radius 2 is 0.900 bits per heavy atom. The Labute approximate surface area is 311 Å². The third-order valence-corrected chi connectivity index (χ3v) is 12.4. The van der Waals surface area contributed by atoms with Crippen LogP contribution in [0.25, 0.3) is 0 Å². The lowest BCUT2D eigenvalue weighted by atomic mass is 10.00. The normalized spacial score (nSPS) is 18.7. The maximum Gasteiger partial charge on any atom is 0.334 e. The van der Waals surface area contributed by atoms with Gasteiger partial charge in [-0.1, -0.05) is 174 Å². The molecule has 0 bridgehead atoms. The number of carboxylic acids is 1. The van der Waals surface area contributed by atoms with Crippen molar-refractivity contribution >= 4 is 35.6 Å². The Bertz CT molecular complexity index is 930. The van der Waals surface area contributed by atoms with Crippen molar-refractivity contribution < 1.29 is 24.3 Å². The van der Waals surface area contributed by atoms with Gasteiger partial charge in [0.25, 0.3) is 0 Å². The first-order valence-electron chi connectivity index (χ1n) is 21.4. The number of amides is 4. The summed E-state index contributed by atoms with van der Waals surface area (Å²) in [4.78, 5) is 54.8. The molecule has 2 aliphatic heterocycles. The van der Waals surface area contributed by atoms with Crippen molar-refractivity contribution in [1.29, 1.82) is 0 Å². The van der Waals surface area contributed by atoms with Gasteiger partial charge in [-0.3, -0.25) is 24.2 Å². The average Bonchev–Trinajstić information content (AvgIpc) is 3.63. The number of fused-ring (bicyclic) bond motifs is 1. The monoisotopic (exact) mass is 721 g/mol. The van der Waals surface area contributed by atoms with Crippen LogP contribution in [0.15, 0.2) is 0 Å². The van der Waals surface area contributed by atoms with Crippen LogP contribution in [0.3, 0.4) is 0 Å². The van der Waals surface area contributed by atoms with Crippen molar-refractivity contribution in [3.8, 4) is 0 Å². The largest absolute Gasteiger partial charge is 0.481 e. The lowest BCUT2D eigenvalue weighted by Gasteiger charge is -2.25. The Hall–Kier alpha value is -1.57. The number of urea groups is 1. The molecule has 2 heterocycles. The van der Waals surface area contributed by atoms with Crippen LogP contribution in [0.4, 0.5) is 4.79 Å². The number of carbonyl (C=O) groups is 4. The molecule has 0 aromatic carbocycles. The fourth-order valence-corrected chi connectivity index (χ4v) is 9.51. The Morgan fingerprint density at radius 3 is 1.30 bits per heavy atom. The fraction of sp³-hybridized carbons (Fsp3) is 0.905. The maximum absolute atomic E-state index is 13.8. The summed E-state index contributed by atoms with van der Waals surface area (Å²) in [6.45, 7) is 4.52. The number of hydrogen-bond donors (Lipinski definition) is 1. The zero-order valence-corrected chi connectivity index (χ0v) is 33.3. The van der Waals surface area contributed by atoms with Crippen LogP contribution in [0.1, 0.15) is 219 Å². The van der Waals surface area contributed by atoms with E-state index in [1.54, 1.807) is 11.8 Å². The lowest BCUT2D eigenvalue weighted by Crippen LogP contribution is -2.44. The average molecular weight is 721 g/mol. The zero-order chi connectivity index (χ0) is 36.2. The van der Waals surface area contributed by atoms with Gasteiger partial charge in [0.15, 0.2) is 0 Å². The molecule has 0 aromatic rings. The number of unbranched alkanes of at least 4 members (excludes halogenated alkanes) is 25. The van der Waals surface area contributed by atoms with Crippen LogP contribution in [-0.2, 0) is 14.4 Å². The minimum Gasteiger partial charge on any atom is -0.481 e. The van der Waals surface area contributed by atoms with Crippen LogP contribution in [0, 0.1) is 0 Å². The molecule has 0 saturated carbocycles. The fourth-order valence-electron chi connectivity index (χ4n) is 7.89. The van der Waals surface area contributed by atoms with E-state index in [4.69, 9.17) is 5.11 Å². The first kappa shape index (κ1) is 44.6. The number of rotatable bonds is 33. The predicted molar refractivity (Wildman–Crippen MR) is 210 cm³/mol. The van der Waals surface area contributed by atoms with Crippen molar-refractivity contribution in [3.05, 3.63) is 0 Å². The molecule has 290 valence electrons. The molecule has 0 aromatic heterocycles. The zero-order valence-electron chi connectivity index (χ0n) is 32.4. The summed E-state index contributed by atoms with van der Waals surface area (Å²) in [5, 5.41) is 9.12. The predicted octanol–water partition coefficient (Wildman–Crippen LogP) is 12.2. The van der Waals surface area contributed by atoms with Gasteiger partial charge in [0.05, 0.1) is 12.1 Å². The number of carbonyl (C=O) groups excluding carboxylic acids is 3. The van der Waals surface area contributed by atoms with E-state index in [0.717, 1.165) is 51.4 Å². The summed E-state index contributed by atoms with van der Waals surface area (Å²) >= 11 is 1.75. The summed E-state index contributed by atoms with van der Waals surface area (Å²) in [6, 6.07) is -0.959. The summed E-state index contributed by atoms with van der Waals surface area (Å²) < 4.78 is 0. The third-order valence-electron chi connectivity index (χ3n) is 11.0. The molecule has 7 nitrogen and oxygen atoms in total. The van der Waals surface area contributed by atoms with E-state index in [-0.39, 0.29) is 35.6 Å². The van der Waals surface area contributed by atoms with Gasteiger partial charge >= 0.3 is 12.0 Å². The van der Waals surface area contributed by atoms with Gasteiger partial charge < -0.3 is 5.11 Å². The van der Waals surface area contributed by atoms with Gasteiger partial charge in [-0.25, -0.2) is 4.79 Å². The van der Waals surface area contributed by atoms with Gasteiger partial charge in [-0.15, -0.1) is 0 Å². The number of aliphatic carboxylic acids is 1. The third kappa shape index (κ3) is 18.3. The smallest absolute Gasteiger partial charge is 0.334 e. The Morgan fingerprint density at radius 1 is 0.540 bits per heavy atom. The van der Waals surface area contributed by atoms with Gasteiger partial charge in [-0.05, 0) is 25.7 Å². The molecule has 0 spiro atoms. The molecule has 50 heavy (non-hydrogen) atoms. The van der Waals surface area contributed by atoms with E-state index in [9.17, 15) is 19.2 Å². The number of hydrogen-bond acceptors (Lipinski definition) is 5. The van der Waals surface area contributed by atoms with Crippen molar-refractivity contribution in [1.82, 2.24) is 9.80 Å².